The highest BCUT2D eigenvalue weighted by atomic mass is 16.2. The monoisotopic (exact) mass is 265 g/mol. The molecule has 0 atom stereocenters. The first-order chi connectivity index (χ1) is 9.17. The minimum atomic E-state index is -0.0343. The third-order valence-corrected chi connectivity index (χ3v) is 3.96. The van der Waals surface area contributed by atoms with Gasteiger partial charge >= 0.3 is 0 Å². The molecule has 1 aromatic rings. The van der Waals surface area contributed by atoms with Crippen LogP contribution in [0.15, 0.2) is 6.20 Å². The van der Waals surface area contributed by atoms with Crippen LogP contribution in [0.25, 0.3) is 0 Å². The van der Waals surface area contributed by atoms with Gasteiger partial charge < -0.3 is 15.5 Å². The Bertz CT molecular complexity index is 418. The Kier molecular flexibility index (Phi) is 4.42. The van der Waals surface area contributed by atoms with E-state index < -0.39 is 0 Å². The molecule has 1 saturated heterocycles. The number of piperidine rings is 1. The molecule has 0 bridgehead atoms. The van der Waals surface area contributed by atoms with Crippen molar-refractivity contribution in [2.24, 2.45) is 0 Å². The molecule has 3 N–H and O–H groups in total. The summed E-state index contributed by atoms with van der Waals surface area (Å²) >= 11 is 0. The van der Waals surface area contributed by atoms with Crippen molar-refractivity contribution >= 4 is 11.6 Å². The van der Waals surface area contributed by atoms with Gasteiger partial charge in [-0.05, 0) is 25.9 Å². The number of amides is 1. The number of nitrogens with zero attached hydrogens (tertiary/aromatic N) is 3. The van der Waals surface area contributed by atoms with Crippen molar-refractivity contribution in [2.45, 2.75) is 32.7 Å². The molecule has 0 radical (unpaired) electrons. The van der Waals surface area contributed by atoms with Crippen molar-refractivity contribution in [3.8, 4) is 0 Å². The molecular weight excluding hydrogens is 242 g/mol. The van der Waals surface area contributed by atoms with E-state index in [0.29, 0.717) is 17.4 Å². The van der Waals surface area contributed by atoms with E-state index in [1.165, 1.54) is 6.20 Å². The molecule has 0 unspecified atom stereocenters. The smallest absolute Gasteiger partial charge is 0.274 e. The van der Waals surface area contributed by atoms with Gasteiger partial charge in [0.1, 0.15) is 5.69 Å². The van der Waals surface area contributed by atoms with Crippen molar-refractivity contribution in [1.82, 2.24) is 20.0 Å². The molecule has 2 heterocycles. The molecule has 0 spiro atoms. The Hall–Kier alpha value is -1.56. The van der Waals surface area contributed by atoms with Gasteiger partial charge in [0.05, 0.1) is 11.9 Å². The molecule has 106 valence electrons. The van der Waals surface area contributed by atoms with Crippen LogP contribution in [0.1, 0.15) is 37.2 Å². The van der Waals surface area contributed by atoms with Crippen LogP contribution in [0, 0.1) is 0 Å². The SMILES string of the molecule is CCN(CC)C1CCN(C(=O)c2[nH]ncc2N)CC1. The highest BCUT2D eigenvalue weighted by Gasteiger charge is 2.27. The van der Waals surface area contributed by atoms with E-state index >= 15 is 0 Å². The zero-order chi connectivity index (χ0) is 13.8. The molecule has 0 aliphatic carbocycles. The van der Waals surface area contributed by atoms with Crippen molar-refractivity contribution in [2.75, 3.05) is 31.9 Å². The average molecular weight is 265 g/mol. The van der Waals surface area contributed by atoms with Gasteiger partial charge in [-0.3, -0.25) is 9.89 Å². The van der Waals surface area contributed by atoms with Crippen LogP contribution in [0.3, 0.4) is 0 Å². The highest BCUT2D eigenvalue weighted by Crippen LogP contribution is 2.19. The molecular formula is C13H23N5O. The first-order valence-corrected chi connectivity index (χ1v) is 6.99. The fourth-order valence-corrected chi connectivity index (χ4v) is 2.80. The quantitative estimate of drug-likeness (QED) is 0.849. The van der Waals surface area contributed by atoms with Crippen LogP contribution < -0.4 is 5.73 Å². The number of hydrogen-bond acceptors (Lipinski definition) is 4. The fourth-order valence-electron chi connectivity index (χ4n) is 2.80. The minimum Gasteiger partial charge on any atom is -0.396 e. The second-order valence-corrected chi connectivity index (χ2v) is 4.94. The molecule has 6 heteroatoms. The Balaban J connectivity index is 1.93. The molecule has 0 aromatic carbocycles. The van der Waals surface area contributed by atoms with E-state index in [4.69, 9.17) is 5.73 Å². The third-order valence-electron chi connectivity index (χ3n) is 3.96. The van der Waals surface area contributed by atoms with Gasteiger partial charge in [0.25, 0.3) is 5.91 Å². The van der Waals surface area contributed by atoms with Crippen molar-refractivity contribution in [1.29, 1.82) is 0 Å². The second-order valence-electron chi connectivity index (χ2n) is 4.94. The van der Waals surface area contributed by atoms with Crippen molar-refractivity contribution in [3.63, 3.8) is 0 Å². The summed E-state index contributed by atoms with van der Waals surface area (Å²) in [6.45, 7) is 8.10. The molecule has 6 nitrogen and oxygen atoms in total. The Morgan fingerprint density at radius 3 is 2.58 bits per heavy atom. The van der Waals surface area contributed by atoms with E-state index in [9.17, 15) is 4.79 Å². The number of aromatic nitrogens is 2. The lowest BCUT2D eigenvalue weighted by atomic mass is 10.0. The average Bonchev–Trinajstić information content (AvgIpc) is 2.86. The number of anilines is 1. The topological polar surface area (TPSA) is 78.2 Å². The van der Waals surface area contributed by atoms with Gasteiger partial charge in [0.2, 0.25) is 0 Å². The summed E-state index contributed by atoms with van der Waals surface area (Å²) in [4.78, 5) is 16.6. The number of nitrogen functional groups attached to an aromatic ring is 1. The van der Waals surface area contributed by atoms with E-state index in [1.807, 2.05) is 4.90 Å². The van der Waals surface area contributed by atoms with Crippen LogP contribution in [-0.2, 0) is 0 Å². The van der Waals surface area contributed by atoms with Gasteiger partial charge in [-0.15, -0.1) is 0 Å². The van der Waals surface area contributed by atoms with Crippen LogP contribution in [0.2, 0.25) is 0 Å². The fraction of sp³-hybridized carbons (Fsp3) is 0.692. The summed E-state index contributed by atoms with van der Waals surface area (Å²) in [6.07, 6.45) is 3.54. The highest BCUT2D eigenvalue weighted by molar-refractivity contribution is 5.97. The lowest BCUT2D eigenvalue weighted by Gasteiger charge is -2.37. The summed E-state index contributed by atoms with van der Waals surface area (Å²) in [6, 6.07) is 0.596. The molecule has 1 aromatic heterocycles. The van der Waals surface area contributed by atoms with E-state index in [-0.39, 0.29) is 5.91 Å². The first-order valence-electron chi connectivity index (χ1n) is 6.99. The van der Waals surface area contributed by atoms with Crippen molar-refractivity contribution in [3.05, 3.63) is 11.9 Å². The van der Waals surface area contributed by atoms with Gasteiger partial charge in [0, 0.05) is 19.1 Å². The molecule has 1 aliphatic heterocycles. The van der Waals surface area contributed by atoms with Crippen LogP contribution >= 0.6 is 0 Å². The second kappa shape index (κ2) is 6.06. The maximum absolute atomic E-state index is 12.3. The van der Waals surface area contributed by atoms with E-state index in [0.717, 1.165) is 39.0 Å². The molecule has 1 fully saturated rings. The maximum Gasteiger partial charge on any atom is 0.274 e. The Labute approximate surface area is 113 Å². The lowest BCUT2D eigenvalue weighted by Crippen LogP contribution is -2.46. The number of H-pyrrole nitrogens is 1. The predicted molar refractivity (Wildman–Crippen MR) is 74.8 cm³/mol. The number of carbonyl (C=O) groups is 1. The standard InChI is InChI=1S/C13H23N5O/c1-3-17(4-2)10-5-7-18(8-6-10)13(19)12-11(14)9-15-16-12/h9-10H,3-8,14H2,1-2H3,(H,15,16). The van der Waals surface area contributed by atoms with Gasteiger partial charge in [-0.25, -0.2) is 0 Å². The summed E-state index contributed by atoms with van der Waals surface area (Å²) in [7, 11) is 0. The number of nitrogens with one attached hydrogen (secondary N) is 1. The van der Waals surface area contributed by atoms with Gasteiger partial charge in [-0.1, -0.05) is 13.8 Å². The van der Waals surface area contributed by atoms with Crippen LogP contribution in [0.5, 0.6) is 0 Å². The predicted octanol–water partition coefficient (Wildman–Crippen LogP) is 0.938. The Morgan fingerprint density at radius 1 is 1.47 bits per heavy atom. The first kappa shape index (κ1) is 13.9. The molecule has 2 rings (SSSR count). The number of rotatable bonds is 4. The number of hydrogen-bond donors (Lipinski definition) is 2. The van der Waals surface area contributed by atoms with Gasteiger partial charge in [-0.2, -0.15) is 5.10 Å². The zero-order valence-electron chi connectivity index (χ0n) is 11.7. The summed E-state index contributed by atoms with van der Waals surface area (Å²) < 4.78 is 0. The van der Waals surface area contributed by atoms with Crippen LogP contribution in [0.4, 0.5) is 5.69 Å². The number of carbonyl (C=O) groups excluding carboxylic acids is 1. The number of nitrogens with two attached hydrogens (primary N) is 1. The van der Waals surface area contributed by atoms with E-state index in [2.05, 4.69) is 28.9 Å². The summed E-state index contributed by atoms with van der Waals surface area (Å²) in [5, 5.41) is 6.48. The molecule has 19 heavy (non-hydrogen) atoms. The minimum absolute atomic E-state index is 0.0343. The largest absolute Gasteiger partial charge is 0.396 e. The third kappa shape index (κ3) is 2.89. The normalized spacial score (nSPS) is 17.1. The lowest BCUT2D eigenvalue weighted by molar-refractivity contribution is 0.0627. The van der Waals surface area contributed by atoms with Crippen LogP contribution in [-0.4, -0.2) is 58.1 Å². The number of likely N-dealkylation sites (tertiary alicyclic amines) is 1. The molecule has 0 saturated carbocycles. The van der Waals surface area contributed by atoms with E-state index in [1.54, 1.807) is 0 Å². The maximum atomic E-state index is 12.3. The summed E-state index contributed by atoms with van der Waals surface area (Å²) in [5.41, 5.74) is 6.56. The van der Waals surface area contributed by atoms with Gasteiger partial charge in [0.15, 0.2) is 0 Å². The zero-order valence-corrected chi connectivity index (χ0v) is 11.7. The Morgan fingerprint density at radius 2 is 2.11 bits per heavy atom. The molecule has 1 amide bonds. The molecule has 1 aliphatic rings. The van der Waals surface area contributed by atoms with Crippen molar-refractivity contribution < 1.29 is 4.79 Å². The number of aromatic amines is 1. The summed E-state index contributed by atoms with van der Waals surface area (Å²) in [5.74, 6) is -0.0343.